The molecule has 0 amide bonds. The molecule has 0 radical (unpaired) electrons. The first-order valence-electron chi connectivity index (χ1n) is 11.0. The number of hydrogen-bond acceptors (Lipinski definition) is 0. The largest absolute Gasteiger partial charge is 0.0622 e. The van der Waals surface area contributed by atoms with Gasteiger partial charge in [-0.15, -0.1) is 0 Å². The summed E-state index contributed by atoms with van der Waals surface area (Å²) in [6.45, 7) is 0. The van der Waals surface area contributed by atoms with Gasteiger partial charge >= 0.3 is 0 Å². The van der Waals surface area contributed by atoms with Crippen molar-refractivity contribution in [2.75, 3.05) is 0 Å². The lowest BCUT2D eigenvalue weighted by Gasteiger charge is -2.19. The maximum atomic E-state index is 2.36. The molecule has 0 N–H and O–H groups in total. The van der Waals surface area contributed by atoms with Gasteiger partial charge in [-0.3, -0.25) is 0 Å². The lowest BCUT2D eigenvalue weighted by atomic mass is 9.84. The molecular weight excluding hydrogens is 384 g/mol. The Hall–Kier alpha value is -4.16. The Kier molecular flexibility index (Phi) is 4.55. The van der Waals surface area contributed by atoms with Gasteiger partial charge in [0.05, 0.1) is 0 Å². The molecule has 0 heterocycles. The average Bonchev–Trinajstić information content (AvgIpc) is 2.89. The topological polar surface area (TPSA) is 0 Å². The number of hydrogen-bond donors (Lipinski definition) is 0. The Morgan fingerprint density at radius 1 is 0.250 bits per heavy atom. The van der Waals surface area contributed by atoms with Crippen molar-refractivity contribution < 1.29 is 0 Å². The highest BCUT2D eigenvalue weighted by molar-refractivity contribution is 6.22. The van der Waals surface area contributed by atoms with Crippen LogP contribution in [0.15, 0.2) is 133 Å². The normalized spacial score (nSPS) is 11.1. The molecule has 0 aromatic heterocycles. The zero-order chi connectivity index (χ0) is 21.3. The maximum Gasteiger partial charge on any atom is -0.00203 e. The zero-order valence-corrected chi connectivity index (χ0v) is 17.7. The molecule has 0 unspecified atom stereocenters. The molecule has 0 saturated carbocycles. The van der Waals surface area contributed by atoms with Crippen LogP contribution in [-0.2, 0) is 0 Å². The molecule has 6 aromatic carbocycles. The monoisotopic (exact) mass is 406 g/mol. The van der Waals surface area contributed by atoms with E-state index >= 15 is 0 Å². The molecule has 0 nitrogen and oxygen atoms in total. The van der Waals surface area contributed by atoms with Crippen LogP contribution in [0.1, 0.15) is 0 Å². The Labute approximate surface area is 188 Å². The molecule has 0 saturated heterocycles. The van der Waals surface area contributed by atoms with Crippen LogP contribution in [0.2, 0.25) is 0 Å². The second-order valence-corrected chi connectivity index (χ2v) is 8.15. The van der Waals surface area contributed by atoms with E-state index in [9.17, 15) is 0 Å². The summed E-state index contributed by atoms with van der Waals surface area (Å²) >= 11 is 0. The van der Waals surface area contributed by atoms with Gasteiger partial charge in [-0.2, -0.15) is 0 Å². The zero-order valence-electron chi connectivity index (χ0n) is 17.7. The highest BCUT2D eigenvalue weighted by atomic mass is 14.2. The van der Waals surface area contributed by atoms with E-state index in [2.05, 4.69) is 133 Å². The molecule has 6 aromatic rings. The van der Waals surface area contributed by atoms with Crippen LogP contribution >= 0.6 is 0 Å². The second-order valence-electron chi connectivity index (χ2n) is 8.15. The van der Waals surface area contributed by atoms with Crippen LogP contribution in [0, 0.1) is 0 Å². The van der Waals surface area contributed by atoms with E-state index < -0.39 is 0 Å². The maximum absolute atomic E-state index is 2.36. The summed E-state index contributed by atoms with van der Waals surface area (Å²) < 4.78 is 0. The first kappa shape index (κ1) is 18.6. The van der Waals surface area contributed by atoms with E-state index in [1.165, 1.54) is 54.9 Å². The third kappa shape index (κ3) is 3.09. The molecule has 0 fully saturated rings. The summed E-state index contributed by atoms with van der Waals surface area (Å²) in [5.74, 6) is 0. The molecule has 0 aliphatic rings. The highest BCUT2D eigenvalue weighted by Crippen LogP contribution is 2.45. The van der Waals surface area contributed by atoms with Crippen molar-refractivity contribution in [2.45, 2.75) is 0 Å². The van der Waals surface area contributed by atoms with Crippen LogP contribution in [0.25, 0.3) is 54.9 Å². The summed E-state index contributed by atoms with van der Waals surface area (Å²) in [4.78, 5) is 0. The molecule has 0 atom stereocenters. The molecule has 0 bridgehead atoms. The molecule has 150 valence electrons. The third-order valence-corrected chi connectivity index (χ3v) is 6.26. The quantitative estimate of drug-likeness (QED) is 0.257. The number of fused-ring (bicyclic) bond motifs is 3. The van der Waals surface area contributed by atoms with Crippen molar-refractivity contribution >= 4 is 21.5 Å². The van der Waals surface area contributed by atoms with Gasteiger partial charge in [0.25, 0.3) is 0 Å². The molecule has 0 aliphatic heterocycles. The van der Waals surface area contributed by atoms with E-state index in [-0.39, 0.29) is 0 Å². The van der Waals surface area contributed by atoms with E-state index in [1.807, 2.05) is 0 Å². The Morgan fingerprint density at radius 3 is 1.25 bits per heavy atom. The number of rotatable bonds is 3. The van der Waals surface area contributed by atoms with Gasteiger partial charge in [-0.05, 0) is 61.0 Å². The van der Waals surface area contributed by atoms with Crippen LogP contribution < -0.4 is 0 Å². The van der Waals surface area contributed by atoms with E-state index in [1.54, 1.807) is 0 Å². The van der Waals surface area contributed by atoms with Crippen LogP contribution in [0.4, 0.5) is 0 Å². The van der Waals surface area contributed by atoms with Crippen molar-refractivity contribution in [1.82, 2.24) is 0 Å². The second kappa shape index (κ2) is 7.83. The van der Waals surface area contributed by atoms with Gasteiger partial charge < -0.3 is 0 Å². The fraction of sp³-hybridized carbons (Fsp3) is 0. The van der Waals surface area contributed by atoms with Gasteiger partial charge in [-0.25, -0.2) is 0 Å². The summed E-state index contributed by atoms with van der Waals surface area (Å²) in [6.07, 6.45) is 0. The van der Waals surface area contributed by atoms with E-state index in [0.717, 1.165) is 0 Å². The van der Waals surface area contributed by atoms with Crippen molar-refractivity contribution in [3.63, 3.8) is 0 Å². The fourth-order valence-electron chi connectivity index (χ4n) is 4.81. The highest BCUT2D eigenvalue weighted by Gasteiger charge is 2.17. The van der Waals surface area contributed by atoms with Gasteiger partial charge in [0, 0.05) is 0 Å². The lowest BCUT2D eigenvalue weighted by molar-refractivity contribution is 1.62. The molecule has 0 aliphatic carbocycles. The van der Waals surface area contributed by atoms with Crippen molar-refractivity contribution in [1.29, 1.82) is 0 Å². The van der Waals surface area contributed by atoms with Gasteiger partial charge in [0.15, 0.2) is 0 Å². The minimum atomic E-state index is 1.24. The number of benzene rings is 6. The standard InChI is InChI=1S/C32H22/c1-4-12-23(13-5-1)26-20-21-29-30(22-26)27-18-10-11-19-28(27)31(24-14-6-2-7-15-24)32(29)25-16-8-3-9-17-25/h1-22H. The molecule has 0 spiro atoms. The Balaban J connectivity index is 1.79. The molecule has 6 rings (SSSR count). The smallest absolute Gasteiger partial charge is 0.00203 e. The summed E-state index contributed by atoms with van der Waals surface area (Å²) in [5.41, 5.74) is 7.57. The van der Waals surface area contributed by atoms with Gasteiger partial charge in [-0.1, -0.05) is 127 Å². The molecule has 32 heavy (non-hydrogen) atoms. The van der Waals surface area contributed by atoms with Crippen LogP contribution in [-0.4, -0.2) is 0 Å². The van der Waals surface area contributed by atoms with Crippen molar-refractivity contribution in [2.24, 2.45) is 0 Å². The van der Waals surface area contributed by atoms with Crippen molar-refractivity contribution in [3.05, 3.63) is 133 Å². The van der Waals surface area contributed by atoms with E-state index in [4.69, 9.17) is 0 Å². The summed E-state index contributed by atoms with van der Waals surface area (Å²) in [6, 6.07) is 47.9. The molecule has 0 heteroatoms. The SMILES string of the molecule is c1ccc(-c2ccc3c(-c4ccccc4)c(-c4ccccc4)c4ccccc4c3c2)cc1. The minimum absolute atomic E-state index is 1.24. The average molecular weight is 407 g/mol. The van der Waals surface area contributed by atoms with Gasteiger partial charge in [0.1, 0.15) is 0 Å². The predicted octanol–water partition coefficient (Wildman–Crippen LogP) is 8.99. The van der Waals surface area contributed by atoms with E-state index in [0.29, 0.717) is 0 Å². The first-order chi connectivity index (χ1) is 15.9. The van der Waals surface area contributed by atoms with Crippen LogP contribution in [0.3, 0.4) is 0 Å². The fourth-order valence-corrected chi connectivity index (χ4v) is 4.81. The first-order valence-corrected chi connectivity index (χ1v) is 11.0. The lowest BCUT2D eigenvalue weighted by Crippen LogP contribution is -1.92. The minimum Gasteiger partial charge on any atom is -0.0622 e. The van der Waals surface area contributed by atoms with Gasteiger partial charge in [0.2, 0.25) is 0 Å². The molecular formula is C32H22. The predicted molar refractivity (Wildman–Crippen MR) is 138 cm³/mol. The summed E-state index contributed by atoms with van der Waals surface area (Å²) in [5, 5.41) is 5.16. The Bertz CT molecular complexity index is 1530. The van der Waals surface area contributed by atoms with Crippen molar-refractivity contribution in [3.8, 4) is 33.4 Å². The van der Waals surface area contributed by atoms with Crippen LogP contribution in [0.5, 0.6) is 0 Å². The third-order valence-electron chi connectivity index (χ3n) is 6.26. The Morgan fingerprint density at radius 2 is 0.688 bits per heavy atom. The summed E-state index contributed by atoms with van der Waals surface area (Å²) in [7, 11) is 0.